The smallest absolute Gasteiger partial charge is 0.261 e. The van der Waals surface area contributed by atoms with Crippen LogP contribution in [0.1, 0.15) is 0 Å². The molecule has 19 heavy (non-hydrogen) atoms. The summed E-state index contributed by atoms with van der Waals surface area (Å²) in [7, 11) is -2.27. The summed E-state index contributed by atoms with van der Waals surface area (Å²) in [5, 5.41) is 0. The third-order valence-electron chi connectivity index (χ3n) is 2.45. The molecule has 0 aromatic heterocycles. The highest BCUT2D eigenvalue weighted by molar-refractivity contribution is 7.92. The van der Waals surface area contributed by atoms with Crippen LogP contribution in [0.4, 0.5) is 10.1 Å². The van der Waals surface area contributed by atoms with Crippen molar-refractivity contribution < 1.29 is 17.5 Å². The van der Waals surface area contributed by atoms with Crippen LogP contribution in [0.5, 0.6) is 5.75 Å². The Bertz CT molecular complexity index is 669. The predicted octanol–water partition coefficient (Wildman–Crippen LogP) is 2.64. The van der Waals surface area contributed by atoms with Gasteiger partial charge >= 0.3 is 0 Å². The molecule has 0 bridgehead atoms. The normalized spacial score (nSPS) is 11.1. The average molecular weight is 281 g/mol. The van der Waals surface area contributed by atoms with Gasteiger partial charge in [0, 0.05) is 5.69 Å². The number of halogens is 1. The molecule has 2 aromatic carbocycles. The van der Waals surface area contributed by atoms with E-state index in [2.05, 4.69) is 4.72 Å². The van der Waals surface area contributed by atoms with Crippen molar-refractivity contribution in [3.8, 4) is 5.75 Å². The molecule has 0 saturated heterocycles. The maximum atomic E-state index is 13.0. The van der Waals surface area contributed by atoms with E-state index in [1.165, 1.54) is 25.3 Å². The van der Waals surface area contributed by atoms with E-state index in [4.69, 9.17) is 4.74 Å². The Hall–Kier alpha value is -2.08. The first-order chi connectivity index (χ1) is 9.01. The van der Waals surface area contributed by atoms with Crippen LogP contribution in [0, 0.1) is 5.82 Å². The van der Waals surface area contributed by atoms with Crippen LogP contribution >= 0.6 is 0 Å². The molecule has 0 unspecified atom stereocenters. The molecule has 6 heteroatoms. The van der Waals surface area contributed by atoms with Gasteiger partial charge in [0.2, 0.25) is 0 Å². The zero-order valence-electron chi connectivity index (χ0n) is 10.1. The van der Waals surface area contributed by atoms with Crippen LogP contribution in [0.3, 0.4) is 0 Å². The van der Waals surface area contributed by atoms with Crippen LogP contribution in [0.15, 0.2) is 53.4 Å². The lowest BCUT2D eigenvalue weighted by Gasteiger charge is -2.08. The molecule has 2 aromatic rings. The van der Waals surface area contributed by atoms with Crippen molar-refractivity contribution in [1.82, 2.24) is 0 Å². The van der Waals surface area contributed by atoms with Crippen molar-refractivity contribution in [2.45, 2.75) is 4.90 Å². The summed E-state index contributed by atoms with van der Waals surface area (Å²) in [6, 6.07) is 11.2. The molecule has 2 rings (SSSR count). The van der Waals surface area contributed by atoms with Crippen LogP contribution < -0.4 is 9.46 Å². The fraction of sp³-hybridized carbons (Fsp3) is 0.0769. The highest BCUT2D eigenvalue weighted by Crippen LogP contribution is 2.19. The van der Waals surface area contributed by atoms with Crippen LogP contribution in [0.2, 0.25) is 0 Å². The lowest BCUT2D eigenvalue weighted by atomic mass is 10.3. The topological polar surface area (TPSA) is 55.4 Å². The zero-order chi connectivity index (χ0) is 13.9. The number of sulfonamides is 1. The Morgan fingerprint density at radius 2 is 1.79 bits per heavy atom. The van der Waals surface area contributed by atoms with E-state index in [1.807, 2.05) is 0 Å². The standard InChI is InChI=1S/C13H12FNO3S/c1-18-12-7-5-11(6-8-12)15-19(16,17)13-4-2-3-10(14)9-13/h2-9,15H,1H3. The Balaban J connectivity index is 2.25. The molecule has 0 radical (unpaired) electrons. The second-order valence-corrected chi connectivity index (χ2v) is 5.47. The van der Waals surface area contributed by atoms with Gasteiger partial charge in [-0.25, -0.2) is 12.8 Å². The number of nitrogens with one attached hydrogen (secondary N) is 1. The third kappa shape index (κ3) is 3.23. The van der Waals surface area contributed by atoms with E-state index in [-0.39, 0.29) is 4.90 Å². The molecule has 1 N–H and O–H groups in total. The largest absolute Gasteiger partial charge is 0.497 e. The predicted molar refractivity (Wildman–Crippen MR) is 70.2 cm³/mol. The lowest BCUT2D eigenvalue weighted by Crippen LogP contribution is -2.13. The summed E-state index contributed by atoms with van der Waals surface area (Å²) < 4.78 is 44.4. The fourth-order valence-electron chi connectivity index (χ4n) is 1.51. The molecular formula is C13H12FNO3S. The number of benzene rings is 2. The minimum atomic E-state index is -3.79. The monoisotopic (exact) mass is 281 g/mol. The van der Waals surface area contributed by atoms with Gasteiger partial charge in [-0.15, -0.1) is 0 Å². The third-order valence-corrected chi connectivity index (χ3v) is 3.83. The van der Waals surface area contributed by atoms with Crippen molar-refractivity contribution >= 4 is 15.7 Å². The highest BCUT2D eigenvalue weighted by Gasteiger charge is 2.14. The van der Waals surface area contributed by atoms with Crippen molar-refractivity contribution in [2.24, 2.45) is 0 Å². The maximum Gasteiger partial charge on any atom is 0.261 e. The van der Waals surface area contributed by atoms with Crippen LogP contribution in [-0.2, 0) is 10.0 Å². The number of rotatable bonds is 4. The molecule has 0 amide bonds. The zero-order valence-corrected chi connectivity index (χ0v) is 10.9. The first-order valence-electron chi connectivity index (χ1n) is 5.44. The van der Waals surface area contributed by atoms with Gasteiger partial charge in [0.25, 0.3) is 10.0 Å². The van der Waals surface area contributed by atoms with Gasteiger partial charge in [-0.2, -0.15) is 0 Å². The fourth-order valence-corrected chi connectivity index (χ4v) is 2.60. The molecule has 0 atom stereocenters. The molecule has 0 saturated carbocycles. The van der Waals surface area contributed by atoms with Crippen molar-refractivity contribution in [2.75, 3.05) is 11.8 Å². The molecule has 4 nitrogen and oxygen atoms in total. The Morgan fingerprint density at radius 1 is 1.11 bits per heavy atom. The van der Waals surface area contributed by atoms with E-state index < -0.39 is 15.8 Å². The van der Waals surface area contributed by atoms with Gasteiger partial charge in [-0.05, 0) is 42.5 Å². The minimum absolute atomic E-state index is 0.122. The summed E-state index contributed by atoms with van der Waals surface area (Å²) >= 11 is 0. The summed E-state index contributed by atoms with van der Waals surface area (Å²) in [5.41, 5.74) is 0.380. The molecule has 0 heterocycles. The quantitative estimate of drug-likeness (QED) is 0.937. The van der Waals surface area contributed by atoms with Crippen molar-refractivity contribution in [1.29, 1.82) is 0 Å². The number of ether oxygens (including phenoxy) is 1. The van der Waals surface area contributed by atoms with E-state index in [1.54, 1.807) is 24.3 Å². The van der Waals surface area contributed by atoms with Crippen molar-refractivity contribution in [3.05, 3.63) is 54.3 Å². The first-order valence-corrected chi connectivity index (χ1v) is 6.92. The van der Waals surface area contributed by atoms with Crippen molar-refractivity contribution in [3.63, 3.8) is 0 Å². The second kappa shape index (κ2) is 5.27. The second-order valence-electron chi connectivity index (χ2n) is 3.79. The Kier molecular flexibility index (Phi) is 3.71. The SMILES string of the molecule is COc1ccc(NS(=O)(=O)c2cccc(F)c2)cc1. The van der Waals surface area contributed by atoms with Gasteiger partial charge in [0.15, 0.2) is 0 Å². The minimum Gasteiger partial charge on any atom is -0.497 e. The van der Waals surface area contributed by atoms with Gasteiger partial charge < -0.3 is 4.74 Å². The molecular weight excluding hydrogens is 269 g/mol. The van der Waals surface area contributed by atoms with E-state index in [9.17, 15) is 12.8 Å². The summed E-state index contributed by atoms with van der Waals surface area (Å²) in [5.74, 6) is 0.0197. The first kappa shape index (κ1) is 13.4. The van der Waals surface area contributed by atoms with Gasteiger partial charge in [-0.1, -0.05) is 6.07 Å². The van der Waals surface area contributed by atoms with E-state index in [0.717, 1.165) is 6.07 Å². The summed E-state index contributed by atoms with van der Waals surface area (Å²) in [6.45, 7) is 0. The Labute approximate surface area is 110 Å². The highest BCUT2D eigenvalue weighted by atomic mass is 32.2. The van der Waals surface area contributed by atoms with Gasteiger partial charge in [0.05, 0.1) is 12.0 Å². The summed E-state index contributed by atoms with van der Waals surface area (Å²) in [4.78, 5) is -0.122. The van der Waals surface area contributed by atoms with E-state index >= 15 is 0 Å². The Morgan fingerprint density at radius 3 is 2.37 bits per heavy atom. The van der Waals surface area contributed by atoms with Crippen LogP contribution in [-0.4, -0.2) is 15.5 Å². The number of hydrogen-bond donors (Lipinski definition) is 1. The molecule has 0 aliphatic carbocycles. The van der Waals surface area contributed by atoms with E-state index in [0.29, 0.717) is 11.4 Å². The van der Waals surface area contributed by atoms with Gasteiger partial charge in [0.1, 0.15) is 11.6 Å². The average Bonchev–Trinajstić information content (AvgIpc) is 2.39. The van der Waals surface area contributed by atoms with Crippen LogP contribution in [0.25, 0.3) is 0 Å². The number of hydrogen-bond acceptors (Lipinski definition) is 3. The molecule has 0 fully saturated rings. The maximum absolute atomic E-state index is 13.0. The molecule has 0 spiro atoms. The molecule has 0 aliphatic heterocycles. The molecule has 0 aliphatic rings. The summed E-state index contributed by atoms with van der Waals surface area (Å²) in [6.07, 6.45) is 0. The molecule has 100 valence electrons. The lowest BCUT2D eigenvalue weighted by molar-refractivity contribution is 0.415. The number of anilines is 1. The van der Waals surface area contributed by atoms with Gasteiger partial charge in [-0.3, -0.25) is 4.72 Å². The number of methoxy groups -OCH3 is 1.